The Labute approximate surface area is 163 Å². The summed E-state index contributed by atoms with van der Waals surface area (Å²) in [5, 5.41) is 11.1. The van der Waals surface area contributed by atoms with Gasteiger partial charge in [-0.25, -0.2) is 4.79 Å². The molecule has 144 valence electrons. The van der Waals surface area contributed by atoms with Crippen molar-refractivity contribution in [2.45, 2.75) is 44.2 Å². The van der Waals surface area contributed by atoms with Gasteiger partial charge in [0.05, 0.1) is 22.8 Å². The molecular formula is C20H25ClN4O2. The van der Waals surface area contributed by atoms with Gasteiger partial charge in [-0.05, 0) is 25.0 Å². The monoisotopic (exact) mass is 388 g/mol. The lowest BCUT2D eigenvalue weighted by Gasteiger charge is -2.42. The highest BCUT2D eigenvalue weighted by atomic mass is 35.5. The Morgan fingerprint density at radius 3 is 2.70 bits per heavy atom. The van der Waals surface area contributed by atoms with E-state index in [0.29, 0.717) is 5.02 Å². The first-order valence-corrected chi connectivity index (χ1v) is 10.3. The summed E-state index contributed by atoms with van der Waals surface area (Å²) in [5.41, 5.74) is 2.26. The average Bonchev–Trinajstić information content (AvgIpc) is 3.05. The third kappa shape index (κ3) is 3.00. The number of rotatable bonds is 2. The summed E-state index contributed by atoms with van der Waals surface area (Å²) >= 11 is 6.59. The Kier molecular flexibility index (Phi) is 4.30. The maximum absolute atomic E-state index is 12.3. The van der Waals surface area contributed by atoms with E-state index in [1.54, 1.807) is 0 Å². The molecule has 0 atom stereocenters. The number of hydrogen-bond acceptors (Lipinski definition) is 4. The van der Waals surface area contributed by atoms with Crippen LogP contribution in [0.25, 0.3) is 11.0 Å². The van der Waals surface area contributed by atoms with Crippen molar-refractivity contribution in [2.24, 2.45) is 0 Å². The van der Waals surface area contributed by atoms with Crippen LogP contribution in [0.4, 0.5) is 10.5 Å². The van der Waals surface area contributed by atoms with E-state index in [1.807, 2.05) is 6.07 Å². The molecule has 1 aromatic heterocycles. The van der Waals surface area contributed by atoms with Gasteiger partial charge in [-0.3, -0.25) is 4.90 Å². The summed E-state index contributed by atoms with van der Waals surface area (Å²) in [6, 6.07) is 3.86. The minimum atomic E-state index is -0.372. The summed E-state index contributed by atoms with van der Waals surface area (Å²) in [7, 11) is 0. The molecule has 2 aliphatic heterocycles. The lowest BCUT2D eigenvalue weighted by atomic mass is 9.74. The minimum Gasteiger partial charge on any atom is -0.459 e. The predicted molar refractivity (Wildman–Crippen MR) is 106 cm³/mol. The minimum absolute atomic E-state index is 0.168. The molecule has 3 aliphatic rings. The zero-order valence-electron chi connectivity index (χ0n) is 15.4. The Balaban J connectivity index is 1.61. The second-order valence-corrected chi connectivity index (χ2v) is 8.39. The third-order valence-corrected chi connectivity index (χ3v) is 6.47. The van der Waals surface area contributed by atoms with Crippen LogP contribution in [0.2, 0.25) is 5.02 Å². The van der Waals surface area contributed by atoms with E-state index in [0.717, 1.165) is 86.4 Å². The van der Waals surface area contributed by atoms with Gasteiger partial charge in [0.15, 0.2) is 0 Å². The van der Waals surface area contributed by atoms with Crippen LogP contribution in [0.5, 0.6) is 0 Å². The number of hydrogen-bond donors (Lipinski definition) is 3. The topological polar surface area (TPSA) is 69.5 Å². The van der Waals surface area contributed by atoms with Gasteiger partial charge in [-0.2, -0.15) is 0 Å². The van der Waals surface area contributed by atoms with Crippen molar-refractivity contribution in [1.82, 2.24) is 15.5 Å². The van der Waals surface area contributed by atoms with Gasteiger partial charge in [0.2, 0.25) is 0 Å². The fraction of sp³-hybridized carbons (Fsp3) is 0.550. The van der Waals surface area contributed by atoms with Gasteiger partial charge in [0.25, 0.3) is 0 Å². The molecule has 2 fully saturated rings. The highest BCUT2D eigenvalue weighted by Gasteiger charge is 2.43. The summed E-state index contributed by atoms with van der Waals surface area (Å²) in [4.78, 5) is 14.7. The number of amides is 2. The van der Waals surface area contributed by atoms with Gasteiger partial charge in [0, 0.05) is 37.1 Å². The first kappa shape index (κ1) is 17.3. The summed E-state index contributed by atoms with van der Waals surface area (Å²) < 4.78 is 6.37. The largest absolute Gasteiger partial charge is 0.459 e. The van der Waals surface area contributed by atoms with Crippen LogP contribution in [0.3, 0.4) is 0 Å². The molecule has 1 saturated heterocycles. The maximum atomic E-state index is 12.3. The van der Waals surface area contributed by atoms with Crippen molar-refractivity contribution in [3.8, 4) is 0 Å². The van der Waals surface area contributed by atoms with E-state index >= 15 is 0 Å². The van der Waals surface area contributed by atoms with E-state index in [4.69, 9.17) is 16.0 Å². The average molecular weight is 389 g/mol. The third-order valence-electron chi connectivity index (χ3n) is 6.18. The number of carbonyl (C=O) groups excluding carboxylic acids is 1. The Bertz CT molecular complexity index is 882. The smallest absolute Gasteiger partial charge is 0.319 e. The number of urea groups is 1. The molecule has 6 nitrogen and oxygen atoms in total. The zero-order valence-corrected chi connectivity index (χ0v) is 16.1. The summed E-state index contributed by atoms with van der Waals surface area (Å²) in [5.74, 6) is 0.958. The number of anilines is 1. The van der Waals surface area contributed by atoms with Crippen molar-refractivity contribution >= 4 is 34.3 Å². The van der Waals surface area contributed by atoms with E-state index in [9.17, 15) is 4.79 Å². The number of benzene rings is 1. The number of nitrogens with zero attached hydrogens (tertiary/aromatic N) is 1. The molecule has 0 radical (unpaired) electrons. The second-order valence-electron chi connectivity index (χ2n) is 7.99. The lowest BCUT2D eigenvalue weighted by molar-refractivity contribution is 0.207. The molecule has 1 aliphatic carbocycles. The molecule has 1 spiro atoms. The first-order valence-electron chi connectivity index (χ1n) is 9.92. The van der Waals surface area contributed by atoms with Gasteiger partial charge in [-0.1, -0.05) is 30.9 Å². The molecule has 3 N–H and O–H groups in total. The number of halogens is 1. The first-order chi connectivity index (χ1) is 13.1. The van der Waals surface area contributed by atoms with Gasteiger partial charge < -0.3 is 20.4 Å². The molecule has 1 aromatic carbocycles. The van der Waals surface area contributed by atoms with Crippen LogP contribution < -0.4 is 16.0 Å². The van der Waals surface area contributed by atoms with E-state index in [1.165, 1.54) is 6.42 Å². The molecule has 27 heavy (non-hydrogen) atoms. The lowest BCUT2D eigenvalue weighted by Crippen LogP contribution is -2.52. The Morgan fingerprint density at radius 1 is 1.15 bits per heavy atom. The molecule has 0 unspecified atom stereocenters. The molecule has 2 aromatic rings. The van der Waals surface area contributed by atoms with E-state index in [-0.39, 0.29) is 11.6 Å². The quantitative estimate of drug-likeness (QED) is 0.732. The SMILES string of the molecule is O=C1Nc2c(Cl)cc3cc(CN4CCNCC4)oc3c2C2(CCCCC2)N1. The number of nitrogens with one attached hydrogen (secondary N) is 3. The number of piperazine rings is 1. The van der Waals surface area contributed by atoms with Crippen molar-refractivity contribution in [1.29, 1.82) is 0 Å². The van der Waals surface area contributed by atoms with Crippen LogP contribution >= 0.6 is 11.6 Å². The fourth-order valence-corrected chi connectivity index (χ4v) is 5.16. The van der Waals surface area contributed by atoms with Gasteiger partial charge in [-0.15, -0.1) is 0 Å². The van der Waals surface area contributed by atoms with Crippen molar-refractivity contribution in [3.05, 3.63) is 28.5 Å². The van der Waals surface area contributed by atoms with Crippen LogP contribution in [0.15, 0.2) is 16.5 Å². The zero-order chi connectivity index (χ0) is 18.4. The number of furan rings is 1. The molecule has 3 heterocycles. The maximum Gasteiger partial charge on any atom is 0.319 e. The molecule has 7 heteroatoms. The second kappa shape index (κ2) is 6.69. The number of carbonyl (C=O) groups is 1. The Hall–Kier alpha value is -1.76. The van der Waals surface area contributed by atoms with Crippen molar-refractivity contribution in [2.75, 3.05) is 31.5 Å². The Morgan fingerprint density at radius 2 is 1.93 bits per heavy atom. The van der Waals surface area contributed by atoms with Crippen LogP contribution in [-0.4, -0.2) is 37.1 Å². The predicted octanol–water partition coefficient (Wildman–Crippen LogP) is 3.79. The van der Waals surface area contributed by atoms with Crippen molar-refractivity contribution < 1.29 is 9.21 Å². The van der Waals surface area contributed by atoms with Crippen molar-refractivity contribution in [3.63, 3.8) is 0 Å². The van der Waals surface area contributed by atoms with Crippen LogP contribution in [-0.2, 0) is 12.1 Å². The van der Waals surface area contributed by atoms with Gasteiger partial charge >= 0.3 is 6.03 Å². The van der Waals surface area contributed by atoms with Gasteiger partial charge in [0.1, 0.15) is 11.3 Å². The summed E-state index contributed by atoms with van der Waals surface area (Å²) in [6.45, 7) is 4.88. The summed E-state index contributed by atoms with van der Waals surface area (Å²) in [6.07, 6.45) is 5.26. The molecule has 2 amide bonds. The normalized spacial score (nSPS) is 22.5. The highest BCUT2D eigenvalue weighted by Crippen LogP contribution is 2.48. The van der Waals surface area contributed by atoms with Crippen LogP contribution in [0.1, 0.15) is 43.4 Å². The molecule has 0 bridgehead atoms. The van der Waals surface area contributed by atoms with E-state index in [2.05, 4.69) is 26.9 Å². The van der Waals surface area contributed by atoms with Crippen LogP contribution in [0, 0.1) is 0 Å². The molecule has 1 saturated carbocycles. The number of fused-ring (bicyclic) bond motifs is 4. The molecular weight excluding hydrogens is 364 g/mol. The van der Waals surface area contributed by atoms with E-state index < -0.39 is 0 Å². The highest BCUT2D eigenvalue weighted by molar-refractivity contribution is 6.35. The standard InChI is InChI=1S/C20H25ClN4O2/c21-15-11-13-10-14(12-25-8-6-22-7-9-25)27-18(13)16-17(15)23-19(26)24-20(16)4-2-1-3-5-20/h10-11,22H,1-9,12H2,(H2,23,24,26). The fourth-order valence-electron chi connectivity index (χ4n) is 4.90. The molecule has 5 rings (SSSR count).